The maximum Gasteiger partial charge on any atom is 0.321 e. The maximum atomic E-state index is 10.0. The van der Waals surface area contributed by atoms with Gasteiger partial charge in [0, 0.05) is 11.3 Å². The topological polar surface area (TPSA) is 80.4 Å². The molecule has 4 nitrogen and oxygen atoms in total. The fraction of sp³-hybridized carbons (Fsp3) is 0.200. The Kier molecular flexibility index (Phi) is 7.31. The van der Waals surface area contributed by atoms with Crippen molar-refractivity contribution in [1.82, 2.24) is 0 Å². The van der Waals surface area contributed by atoms with Crippen LogP contribution in [0, 0.1) is 0 Å². The van der Waals surface area contributed by atoms with Gasteiger partial charge in [0.1, 0.15) is 12.3 Å². The molecule has 0 saturated heterocycles. The third-order valence-electron chi connectivity index (χ3n) is 1.45. The van der Waals surface area contributed by atoms with Crippen molar-refractivity contribution in [2.24, 2.45) is 5.73 Å². The van der Waals surface area contributed by atoms with Gasteiger partial charge in [-0.3, -0.25) is 9.59 Å². The van der Waals surface area contributed by atoms with E-state index in [2.05, 4.69) is 12.6 Å². The van der Waals surface area contributed by atoms with Gasteiger partial charge in [-0.05, 0) is 0 Å². The number of hydrogen-bond acceptors (Lipinski definition) is 4. The average Bonchev–Trinajstić information content (AvgIpc) is 2.29. The highest BCUT2D eigenvalue weighted by Crippen LogP contribution is 1.91. The molecule has 0 amide bonds. The molecule has 1 rings (SSSR count). The molecule has 0 aromatic heterocycles. The second kappa shape index (κ2) is 8.02. The fourth-order valence-electron chi connectivity index (χ4n) is 0.610. The summed E-state index contributed by atoms with van der Waals surface area (Å²) in [6, 6.07) is 8.28. The van der Waals surface area contributed by atoms with Crippen LogP contribution in [0.3, 0.4) is 0 Å². The van der Waals surface area contributed by atoms with Crippen molar-refractivity contribution in [3.05, 3.63) is 35.9 Å². The zero-order valence-corrected chi connectivity index (χ0v) is 8.93. The normalized spacial score (nSPS) is 10.8. The Morgan fingerprint density at radius 1 is 1.47 bits per heavy atom. The van der Waals surface area contributed by atoms with E-state index >= 15 is 0 Å². The molecule has 1 aromatic rings. The van der Waals surface area contributed by atoms with E-state index in [1.54, 1.807) is 12.1 Å². The number of rotatable bonds is 3. The van der Waals surface area contributed by atoms with Gasteiger partial charge in [-0.15, -0.1) is 0 Å². The van der Waals surface area contributed by atoms with Crippen LogP contribution < -0.4 is 5.73 Å². The maximum absolute atomic E-state index is 10.0. The minimum absolute atomic E-state index is 0.190. The van der Waals surface area contributed by atoms with Crippen molar-refractivity contribution in [2.75, 3.05) is 5.75 Å². The van der Waals surface area contributed by atoms with Gasteiger partial charge in [0.15, 0.2) is 0 Å². The van der Waals surface area contributed by atoms with Crippen molar-refractivity contribution in [2.45, 2.75) is 6.04 Å². The molecule has 82 valence electrons. The van der Waals surface area contributed by atoms with Gasteiger partial charge in [-0.25, -0.2) is 0 Å². The van der Waals surface area contributed by atoms with Gasteiger partial charge >= 0.3 is 5.97 Å². The largest absolute Gasteiger partial charge is 0.480 e. The van der Waals surface area contributed by atoms with Crippen LogP contribution >= 0.6 is 12.6 Å². The smallest absolute Gasteiger partial charge is 0.321 e. The Hall–Kier alpha value is -1.33. The molecular weight excluding hydrogens is 214 g/mol. The second-order valence-corrected chi connectivity index (χ2v) is 3.02. The van der Waals surface area contributed by atoms with Gasteiger partial charge in [-0.2, -0.15) is 12.6 Å². The van der Waals surface area contributed by atoms with E-state index in [4.69, 9.17) is 10.8 Å². The highest BCUT2D eigenvalue weighted by molar-refractivity contribution is 7.80. The summed E-state index contributed by atoms with van der Waals surface area (Å²) in [5.41, 5.74) is 5.67. The summed E-state index contributed by atoms with van der Waals surface area (Å²) >= 11 is 3.65. The zero-order chi connectivity index (χ0) is 11.7. The molecule has 0 heterocycles. The summed E-state index contributed by atoms with van der Waals surface area (Å²) in [4.78, 5) is 19.8. The summed E-state index contributed by atoms with van der Waals surface area (Å²) in [5.74, 6) is -0.815. The van der Waals surface area contributed by atoms with E-state index in [9.17, 15) is 9.59 Å². The SMILES string of the molecule is NC(CS)C(=O)O.O=Cc1ccccc1. The number of aldehydes is 1. The molecule has 0 bridgehead atoms. The number of thiol groups is 1. The zero-order valence-electron chi connectivity index (χ0n) is 8.04. The lowest BCUT2D eigenvalue weighted by Gasteiger charge is -1.96. The van der Waals surface area contributed by atoms with Crippen molar-refractivity contribution < 1.29 is 14.7 Å². The first-order chi connectivity index (χ1) is 7.11. The minimum atomic E-state index is -1.00. The predicted octanol–water partition coefficient (Wildman–Crippen LogP) is 0.827. The van der Waals surface area contributed by atoms with Gasteiger partial charge in [0.25, 0.3) is 0 Å². The molecule has 0 fully saturated rings. The summed E-state index contributed by atoms with van der Waals surface area (Å²) in [5, 5.41) is 8.01. The van der Waals surface area contributed by atoms with Gasteiger partial charge in [-0.1, -0.05) is 30.3 Å². The number of carbonyl (C=O) groups is 2. The van der Waals surface area contributed by atoms with Crippen LogP contribution in [0.5, 0.6) is 0 Å². The fourth-order valence-corrected chi connectivity index (χ4v) is 0.766. The Bertz CT molecular complexity index is 303. The molecule has 15 heavy (non-hydrogen) atoms. The van der Waals surface area contributed by atoms with Crippen molar-refractivity contribution >= 4 is 24.9 Å². The second-order valence-electron chi connectivity index (χ2n) is 2.66. The van der Waals surface area contributed by atoms with Crippen molar-refractivity contribution in [1.29, 1.82) is 0 Å². The van der Waals surface area contributed by atoms with Crippen LogP contribution in [0.1, 0.15) is 10.4 Å². The van der Waals surface area contributed by atoms with Gasteiger partial charge in [0.2, 0.25) is 0 Å². The highest BCUT2D eigenvalue weighted by atomic mass is 32.1. The Balaban J connectivity index is 0.000000265. The van der Waals surface area contributed by atoms with Crippen molar-refractivity contribution in [3.8, 4) is 0 Å². The number of aliphatic carboxylic acids is 1. The van der Waals surface area contributed by atoms with Crippen LogP contribution in [0.25, 0.3) is 0 Å². The third-order valence-corrected chi connectivity index (χ3v) is 1.84. The van der Waals surface area contributed by atoms with E-state index in [0.717, 1.165) is 11.8 Å². The van der Waals surface area contributed by atoms with Gasteiger partial charge in [0.05, 0.1) is 0 Å². The molecule has 1 unspecified atom stereocenters. The molecule has 0 aliphatic heterocycles. The van der Waals surface area contributed by atoms with E-state index in [0.29, 0.717) is 0 Å². The number of carboxylic acid groups (broad SMARTS) is 1. The van der Waals surface area contributed by atoms with E-state index < -0.39 is 12.0 Å². The Morgan fingerprint density at radius 3 is 2.20 bits per heavy atom. The summed E-state index contributed by atoms with van der Waals surface area (Å²) in [7, 11) is 0. The number of benzene rings is 1. The van der Waals surface area contributed by atoms with Crippen LogP contribution in [-0.2, 0) is 4.79 Å². The average molecular weight is 227 g/mol. The number of nitrogens with two attached hydrogens (primary N) is 1. The molecular formula is C10H13NO3S. The van der Waals surface area contributed by atoms with E-state index in [1.807, 2.05) is 18.2 Å². The lowest BCUT2D eigenvalue weighted by molar-refractivity contribution is -0.137. The third kappa shape index (κ3) is 6.70. The quantitative estimate of drug-likeness (QED) is 0.527. The number of carbonyl (C=O) groups excluding carboxylic acids is 1. The standard InChI is InChI=1S/C7H6O.C3H7NO2S/c8-6-7-4-2-1-3-5-7;4-2(1-7)3(5)6/h1-6H;2,7H,1,4H2,(H,5,6). The molecule has 0 aliphatic rings. The van der Waals surface area contributed by atoms with Crippen LogP contribution in [0.15, 0.2) is 30.3 Å². The molecule has 3 N–H and O–H groups in total. The molecule has 0 saturated carbocycles. The van der Waals surface area contributed by atoms with E-state index in [1.165, 1.54) is 0 Å². The first kappa shape index (κ1) is 13.7. The summed E-state index contributed by atoms with van der Waals surface area (Å²) < 4.78 is 0. The molecule has 0 aliphatic carbocycles. The Labute approximate surface area is 93.5 Å². The number of carboxylic acids is 1. The molecule has 0 radical (unpaired) electrons. The first-order valence-electron chi connectivity index (χ1n) is 4.21. The van der Waals surface area contributed by atoms with Crippen molar-refractivity contribution in [3.63, 3.8) is 0 Å². The Morgan fingerprint density at radius 2 is 2.00 bits per heavy atom. The lowest BCUT2D eigenvalue weighted by Crippen LogP contribution is -2.31. The molecule has 1 aromatic carbocycles. The van der Waals surface area contributed by atoms with Crippen LogP contribution in [0.4, 0.5) is 0 Å². The van der Waals surface area contributed by atoms with E-state index in [-0.39, 0.29) is 5.75 Å². The monoisotopic (exact) mass is 227 g/mol. The summed E-state index contributed by atoms with van der Waals surface area (Å²) in [6.07, 6.45) is 0.833. The summed E-state index contributed by atoms with van der Waals surface area (Å²) in [6.45, 7) is 0. The number of hydrogen-bond donors (Lipinski definition) is 3. The minimum Gasteiger partial charge on any atom is -0.480 e. The molecule has 1 atom stereocenters. The molecule has 5 heteroatoms. The lowest BCUT2D eigenvalue weighted by atomic mass is 10.2. The molecule has 0 spiro atoms. The van der Waals surface area contributed by atoms with Gasteiger partial charge < -0.3 is 10.8 Å². The van der Waals surface area contributed by atoms with Crippen LogP contribution in [0.2, 0.25) is 0 Å². The highest BCUT2D eigenvalue weighted by Gasteiger charge is 2.06. The first-order valence-corrected chi connectivity index (χ1v) is 4.84. The van der Waals surface area contributed by atoms with Crippen LogP contribution in [-0.4, -0.2) is 29.2 Å². The predicted molar refractivity (Wildman–Crippen MR) is 61.3 cm³/mol.